The van der Waals surface area contributed by atoms with Crippen LogP contribution in [0.1, 0.15) is 15.4 Å². The van der Waals surface area contributed by atoms with E-state index < -0.39 is 35.4 Å². The van der Waals surface area contributed by atoms with Gasteiger partial charge in [-0.1, -0.05) is 17.4 Å². The molecule has 14 heteroatoms. The number of hydrogen-bond acceptors (Lipinski definition) is 8. The van der Waals surface area contributed by atoms with Gasteiger partial charge in [0.1, 0.15) is 5.01 Å². The van der Waals surface area contributed by atoms with Crippen molar-refractivity contribution in [2.24, 2.45) is 0 Å². The molecular weight excluding hydrogens is 523 g/mol. The van der Waals surface area contributed by atoms with E-state index in [1.165, 1.54) is 12.1 Å². The van der Waals surface area contributed by atoms with Crippen LogP contribution in [-0.4, -0.2) is 66.0 Å². The number of anilines is 1. The Hall–Kier alpha value is -3.49. The van der Waals surface area contributed by atoms with Crippen molar-refractivity contribution in [1.82, 2.24) is 15.1 Å². The SMILES string of the molecule is O=C(CN1CCOCC1)Nc1cc(C(=O)Cc2nnc(-c3cccc(F)c3F)s2)ccc1OC(F)(F)F. The lowest BCUT2D eigenvalue weighted by Crippen LogP contribution is -2.41. The first kappa shape index (κ1) is 26.6. The molecule has 1 amide bonds. The van der Waals surface area contributed by atoms with Gasteiger partial charge in [0.25, 0.3) is 0 Å². The Balaban J connectivity index is 1.51. The molecule has 2 aromatic carbocycles. The number of amides is 1. The van der Waals surface area contributed by atoms with Gasteiger partial charge in [0.15, 0.2) is 28.2 Å². The van der Waals surface area contributed by atoms with E-state index in [0.717, 1.165) is 35.6 Å². The first-order valence-corrected chi connectivity index (χ1v) is 11.7. The standard InChI is InChI=1S/C23H19F5N4O4S/c24-15-3-1-2-14(21(15)25)22-31-30-20(37-22)11-17(33)13-4-5-18(36-23(26,27)28)16(10-13)29-19(34)12-32-6-8-35-9-7-32/h1-5,10H,6-9,11-12H2,(H,29,34). The van der Waals surface area contributed by atoms with E-state index in [0.29, 0.717) is 26.3 Å². The molecule has 0 radical (unpaired) electrons. The number of nitrogens with zero attached hydrogens (tertiary/aromatic N) is 3. The van der Waals surface area contributed by atoms with E-state index in [4.69, 9.17) is 4.74 Å². The normalized spacial score (nSPS) is 14.4. The summed E-state index contributed by atoms with van der Waals surface area (Å²) in [4.78, 5) is 27.1. The summed E-state index contributed by atoms with van der Waals surface area (Å²) in [6, 6.07) is 6.70. The predicted molar refractivity (Wildman–Crippen MR) is 122 cm³/mol. The second-order valence-corrected chi connectivity index (χ2v) is 8.96. The Labute approximate surface area is 211 Å². The number of Topliss-reactive ketones (excluding diaryl/α,β-unsaturated/α-hetero) is 1. The average Bonchev–Trinajstić information content (AvgIpc) is 3.29. The summed E-state index contributed by atoms with van der Waals surface area (Å²) in [6.45, 7) is 1.75. The molecule has 0 spiro atoms. The molecule has 1 aliphatic heterocycles. The molecule has 0 unspecified atom stereocenters. The maximum atomic E-state index is 14.0. The van der Waals surface area contributed by atoms with Crippen molar-refractivity contribution in [2.75, 3.05) is 38.2 Å². The molecule has 0 saturated carbocycles. The van der Waals surface area contributed by atoms with Crippen LogP contribution in [0.15, 0.2) is 36.4 Å². The highest BCUT2D eigenvalue weighted by atomic mass is 32.1. The van der Waals surface area contributed by atoms with Crippen LogP contribution in [-0.2, 0) is 16.0 Å². The van der Waals surface area contributed by atoms with E-state index >= 15 is 0 Å². The second-order valence-electron chi connectivity index (χ2n) is 7.90. The van der Waals surface area contributed by atoms with Gasteiger partial charge in [-0.25, -0.2) is 8.78 Å². The van der Waals surface area contributed by atoms with Crippen LogP contribution >= 0.6 is 11.3 Å². The maximum Gasteiger partial charge on any atom is 0.573 e. The second kappa shape index (κ2) is 11.3. The minimum Gasteiger partial charge on any atom is -0.404 e. The third-order valence-corrected chi connectivity index (χ3v) is 6.19. The largest absolute Gasteiger partial charge is 0.573 e. The third kappa shape index (κ3) is 7.05. The Kier molecular flexibility index (Phi) is 8.10. The van der Waals surface area contributed by atoms with Gasteiger partial charge in [-0.05, 0) is 30.3 Å². The maximum absolute atomic E-state index is 14.0. The van der Waals surface area contributed by atoms with Crippen molar-refractivity contribution >= 4 is 28.7 Å². The van der Waals surface area contributed by atoms with Crippen LogP contribution in [0.25, 0.3) is 10.6 Å². The summed E-state index contributed by atoms with van der Waals surface area (Å²) in [5, 5.41) is 10.2. The zero-order valence-corrected chi connectivity index (χ0v) is 19.8. The number of alkyl halides is 3. The highest BCUT2D eigenvalue weighted by Crippen LogP contribution is 2.32. The molecule has 37 heavy (non-hydrogen) atoms. The Morgan fingerprint density at radius 2 is 1.86 bits per heavy atom. The van der Waals surface area contributed by atoms with E-state index in [2.05, 4.69) is 20.3 Å². The molecule has 8 nitrogen and oxygen atoms in total. The molecule has 0 atom stereocenters. The van der Waals surface area contributed by atoms with Crippen molar-refractivity contribution < 1.29 is 41.0 Å². The van der Waals surface area contributed by atoms with Gasteiger partial charge in [-0.2, -0.15) is 0 Å². The number of carbonyl (C=O) groups is 2. The van der Waals surface area contributed by atoms with Crippen molar-refractivity contribution in [1.29, 1.82) is 0 Å². The fourth-order valence-corrected chi connectivity index (χ4v) is 4.37. The fourth-order valence-electron chi connectivity index (χ4n) is 3.51. The molecule has 1 aliphatic rings. The monoisotopic (exact) mass is 542 g/mol. The number of morpholine rings is 1. The van der Waals surface area contributed by atoms with Gasteiger partial charge in [0, 0.05) is 18.7 Å². The summed E-state index contributed by atoms with van der Waals surface area (Å²) in [7, 11) is 0. The Morgan fingerprint density at radius 3 is 2.59 bits per heavy atom. The zero-order chi connectivity index (χ0) is 26.6. The van der Waals surface area contributed by atoms with E-state index in [1.54, 1.807) is 4.90 Å². The first-order valence-electron chi connectivity index (χ1n) is 10.9. The van der Waals surface area contributed by atoms with Crippen LogP contribution < -0.4 is 10.1 Å². The molecule has 1 aromatic heterocycles. The van der Waals surface area contributed by atoms with Crippen LogP contribution in [0, 0.1) is 11.6 Å². The van der Waals surface area contributed by atoms with Crippen LogP contribution in [0.3, 0.4) is 0 Å². The summed E-state index contributed by atoms with van der Waals surface area (Å²) in [5.41, 5.74) is -0.471. The number of nitrogens with one attached hydrogen (secondary N) is 1. The molecule has 4 rings (SSSR count). The minimum absolute atomic E-state index is 0.0233. The topological polar surface area (TPSA) is 93.7 Å². The van der Waals surface area contributed by atoms with Gasteiger partial charge < -0.3 is 14.8 Å². The van der Waals surface area contributed by atoms with Crippen molar-refractivity contribution in [3.05, 3.63) is 58.6 Å². The number of halogens is 5. The molecule has 2 heterocycles. The smallest absolute Gasteiger partial charge is 0.404 e. The molecule has 1 N–H and O–H groups in total. The lowest BCUT2D eigenvalue weighted by atomic mass is 10.1. The number of aromatic nitrogens is 2. The Morgan fingerprint density at radius 1 is 1.11 bits per heavy atom. The quantitative estimate of drug-likeness (QED) is 0.339. The zero-order valence-electron chi connectivity index (χ0n) is 19.0. The van der Waals surface area contributed by atoms with Crippen molar-refractivity contribution in [2.45, 2.75) is 12.8 Å². The Bertz CT molecular complexity index is 1290. The summed E-state index contributed by atoms with van der Waals surface area (Å²) in [6.07, 6.45) is -5.33. The number of rotatable bonds is 8. The lowest BCUT2D eigenvalue weighted by molar-refractivity contribution is -0.274. The predicted octanol–water partition coefficient (Wildman–Crippen LogP) is 4.08. The third-order valence-electron chi connectivity index (χ3n) is 5.23. The number of ether oxygens (including phenoxy) is 2. The highest BCUT2D eigenvalue weighted by molar-refractivity contribution is 7.14. The van der Waals surface area contributed by atoms with Crippen LogP contribution in [0.4, 0.5) is 27.6 Å². The highest BCUT2D eigenvalue weighted by Gasteiger charge is 2.33. The van der Waals surface area contributed by atoms with Crippen molar-refractivity contribution in [3.63, 3.8) is 0 Å². The van der Waals surface area contributed by atoms with Gasteiger partial charge >= 0.3 is 6.36 Å². The molecule has 196 valence electrons. The van der Waals surface area contributed by atoms with E-state index in [-0.39, 0.29) is 39.8 Å². The van der Waals surface area contributed by atoms with E-state index in [9.17, 15) is 31.5 Å². The number of hydrogen-bond donors (Lipinski definition) is 1. The number of ketones is 1. The number of carbonyl (C=O) groups excluding carboxylic acids is 2. The van der Waals surface area contributed by atoms with Crippen molar-refractivity contribution in [3.8, 4) is 16.3 Å². The first-order chi connectivity index (χ1) is 17.6. The number of benzene rings is 2. The minimum atomic E-state index is -5.02. The van der Waals surface area contributed by atoms with Gasteiger partial charge in [0.05, 0.1) is 37.4 Å². The van der Waals surface area contributed by atoms with Gasteiger partial charge in [-0.15, -0.1) is 23.4 Å². The van der Waals surface area contributed by atoms with E-state index in [1.807, 2.05) is 0 Å². The van der Waals surface area contributed by atoms with Crippen LogP contribution in [0.2, 0.25) is 0 Å². The molecule has 1 saturated heterocycles. The summed E-state index contributed by atoms with van der Waals surface area (Å²) >= 11 is 0.868. The molecule has 3 aromatic rings. The molecule has 0 aliphatic carbocycles. The average molecular weight is 542 g/mol. The lowest BCUT2D eigenvalue weighted by Gasteiger charge is -2.26. The van der Waals surface area contributed by atoms with Gasteiger partial charge in [-0.3, -0.25) is 14.5 Å². The van der Waals surface area contributed by atoms with Gasteiger partial charge in [0.2, 0.25) is 5.91 Å². The molecule has 1 fully saturated rings. The summed E-state index contributed by atoms with van der Waals surface area (Å²) in [5.74, 6) is -3.99. The molecule has 0 bridgehead atoms. The van der Waals surface area contributed by atoms with Crippen LogP contribution in [0.5, 0.6) is 5.75 Å². The fraction of sp³-hybridized carbons (Fsp3) is 0.304. The summed E-state index contributed by atoms with van der Waals surface area (Å²) < 4.78 is 75.4. The molecular formula is C23H19F5N4O4S.